The number of likely N-dealkylation sites (N-methyl/N-ethyl adjacent to an activating group) is 1. The zero-order valence-corrected chi connectivity index (χ0v) is 27.5. The third-order valence-corrected chi connectivity index (χ3v) is 8.62. The van der Waals surface area contributed by atoms with Crippen LogP contribution < -0.4 is 25.2 Å². The molecule has 0 radical (unpaired) electrons. The molecule has 2 N–H and O–H groups in total. The number of alkyl halides is 2. The average Bonchev–Trinajstić information content (AvgIpc) is 3.50. The monoisotopic (exact) mass is 709 g/mol. The number of carbonyl (C=O) groups is 2. The average molecular weight is 710 g/mol. The number of aromatic nitrogens is 2. The highest BCUT2D eigenvalue weighted by atomic mass is 35.5. The number of anilines is 1. The summed E-state index contributed by atoms with van der Waals surface area (Å²) in [7, 11) is -1.03. The fourth-order valence-electron chi connectivity index (χ4n) is 4.73. The van der Waals surface area contributed by atoms with Crippen LogP contribution in [0.2, 0.25) is 10.0 Å². The van der Waals surface area contributed by atoms with Gasteiger partial charge in [-0.1, -0.05) is 27.9 Å². The maximum atomic E-state index is 15.2. The summed E-state index contributed by atoms with van der Waals surface area (Å²) >= 11 is 12.5. The number of aliphatic hydroxyl groups is 1. The molecule has 14 nitrogen and oxygen atoms in total. The number of likely N-dealkylation sites (tertiary alicyclic amines) is 1. The number of rotatable bonds is 11. The molecule has 1 aromatic carbocycles. The van der Waals surface area contributed by atoms with Crippen LogP contribution in [0, 0.1) is 0 Å². The first-order valence-electron chi connectivity index (χ1n) is 14.1. The van der Waals surface area contributed by atoms with E-state index in [1.807, 2.05) is 4.90 Å². The lowest BCUT2D eigenvalue weighted by Gasteiger charge is -2.21. The van der Waals surface area contributed by atoms with E-state index in [0.717, 1.165) is 19.2 Å². The van der Waals surface area contributed by atoms with Gasteiger partial charge in [0, 0.05) is 6.20 Å². The van der Waals surface area contributed by atoms with E-state index in [-0.39, 0.29) is 33.3 Å². The molecule has 2 unspecified atom stereocenters. The first kappa shape index (κ1) is 35.9. The number of carbonyl (C=O) groups excluding carboxylic acids is 2. The molecule has 4 rings (SSSR count). The molecule has 2 aliphatic rings. The topological polar surface area (TPSA) is 177 Å². The van der Waals surface area contributed by atoms with Crippen LogP contribution in [0.15, 0.2) is 33.9 Å². The standard InChI is InChI=1S/C27H32Cl2F2N5O9P/c1-13(2)43-24(39)14(3)34-46(41)45-17-8-7-15(28)21(20(17)29)42-12-18-22(37)27(30,31)25(44-18)36-11-9-19(33-26(36)40)32-23(38)16-6-5-10-35(16)4/h7-9,11,13-14,16,18,22,25,37H,5-6,10,12H2,1-4H3,(H,32,33,38,40)/t14-,16-,18+,22+,25?/m0/s1. The summed E-state index contributed by atoms with van der Waals surface area (Å²) in [6.45, 7) is 4.67. The second kappa shape index (κ2) is 14.8. The van der Waals surface area contributed by atoms with Crippen molar-refractivity contribution in [2.75, 3.05) is 25.5 Å². The zero-order valence-electron chi connectivity index (χ0n) is 25.1. The lowest BCUT2D eigenvalue weighted by molar-refractivity contribution is -0.170. The minimum atomic E-state index is -3.97. The number of benzene rings is 1. The molecule has 19 heteroatoms. The van der Waals surface area contributed by atoms with Crippen LogP contribution in [0.25, 0.3) is 0 Å². The highest BCUT2D eigenvalue weighted by Gasteiger charge is 2.60. The first-order valence-corrected chi connectivity index (χ1v) is 16.0. The minimum absolute atomic E-state index is 0.0870. The van der Waals surface area contributed by atoms with Crippen molar-refractivity contribution in [1.82, 2.24) is 14.5 Å². The lowest BCUT2D eigenvalue weighted by atomic mass is 10.1. The SMILES string of the molecule is CC(C)OC(=O)[C@H](C)N=[P+]([O-])Oc1ccc(Cl)c(OC[C@H]2OC(n3ccc(NC(=O)[C@@H]4CCCN4C)nc3=O)C(F)(F)[C@@H]2O)c1Cl. The normalized spacial score (nSPS) is 23.8. The molecule has 1 aromatic heterocycles. The summed E-state index contributed by atoms with van der Waals surface area (Å²) in [5.41, 5.74) is -1.15. The number of nitrogens with zero attached hydrogens (tertiary/aromatic N) is 4. The van der Waals surface area contributed by atoms with E-state index < -0.39 is 69.0 Å². The Morgan fingerprint density at radius 2 is 2.02 bits per heavy atom. The van der Waals surface area contributed by atoms with Crippen LogP contribution in [-0.2, 0) is 19.1 Å². The second-order valence-corrected chi connectivity index (χ2v) is 12.6. The van der Waals surface area contributed by atoms with Crippen molar-refractivity contribution in [2.24, 2.45) is 4.74 Å². The maximum Gasteiger partial charge on any atom is 0.395 e. The Hall–Kier alpha value is -2.98. The summed E-state index contributed by atoms with van der Waals surface area (Å²) in [4.78, 5) is 55.1. The highest BCUT2D eigenvalue weighted by Crippen LogP contribution is 2.45. The Labute approximate surface area is 273 Å². The third-order valence-electron chi connectivity index (χ3n) is 7.08. The molecular weight excluding hydrogens is 678 g/mol. The van der Waals surface area contributed by atoms with Crippen LogP contribution in [0.5, 0.6) is 11.5 Å². The molecule has 1 amide bonds. The number of esters is 1. The predicted molar refractivity (Wildman–Crippen MR) is 160 cm³/mol. The summed E-state index contributed by atoms with van der Waals surface area (Å²) in [5.74, 6) is -5.68. The molecule has 252 valence electrons. The maximum absolute atomic E-state index is 15.2. The summed E-state index contributed by atoms with van der Waals surface area (Å²) in [6.07, 6.45) is -4.35. The largest absolute Gasteiger partial charge is 0.575 e. The van der Waals surface area contributed by atoms with Crippen LogP contribution in [-0.4, -0.2) is 88.0 Å². The van der Waals surface area contributed by atoms with Gasteiger partial charge in [-0.2, -0.15) is 13.8 Å². The number of amides is 1. The van der Waals surface area contributed by atoms with Crippen LogP contribution in [0.3, 0.4) is 0 Å². The molecular formula is C27H32Cl2F2N5O9P. The van der Waals surface area contributed by atoms with Crippen molar-refractivity contribution in [1.29, 1.82) is 0 Å². The summed E-state index contributed by atoms with van der Waals surface area (Å²) < 4.78 is 55.6. The summed E-state index contributed by atoms with van der Waals surface area (Å²) in [5, 5.41) is 12.5. The fourth-order valence-corrected chi connectivity index (χ4v) is 6.04. The van der Waals surface area contributed by atoms with Gasteiger partial charge in [-0.25, -0.2) is 9.59 Å². The Bertz CT molecular complexity index is 1550. The molecule has 46 heavy (non-hydrogen) atoms. The molecule has 2 saturated heterocycles. The van der Waals surface area contributed by atoms with Gasteiger partial charge in [-0.3, -0.25) is 18.8 Å². The molecule has 3 heterocycles. The van der Waals surface area contributed by atoms with Crippen molar-refractivity contribution in [3.63, 3.8) is 0 Å². The van der Waals surface area contributed by atoms with Crippen molar-refractivity contribution in [2.45, 2.75) is 76.2 Å². The van der Waals surface area contributed by atoms with E-state index >= 15 is 8.78 Å². The van der Waals surface area contributed by atoms with Gasteiger partial charge in [-0.15, -0.1) is 0 Å². The minimum Gasteiger partial charge on any atom is -0.575 e. The van der Waals surface area contributed by atoms with Gasteiger partial charge in [0.05, 0.1) is 17.2 Å². The highest BCUT2D eigenvalue weighted by molar-refractivity contribution is 7.34. The number of nitrogens with one attached hydrogen (secondary N) is 1. The first-order chi connectivity index (χ1) is 21.6. The Morgan fingerprint density at radius 3 is 2.65 bits per heavy atom. The van der Waals surface area contributed by atoms with Gasteiger partial charge in [0.25, 0.3) is 0 Å². The van der Waals surface area contributed by atoms with E-state index in [9.17, 15) is 24.4 Å². The van der Waals surface area contributed by atoms with E-state index in [1.54, 1.807) is 20.9 Å². The molecule has 2 aliphatic heterocycles. The summed E-state index contributed by atoms with van der Waals surface area (Å²) in [6, 6.07) is 2.16. The second-order valence-electron chi connectivity index (χ2n) is 10.9. The van der Waals surface area contributed by atoms with Gasteiger partial charge in [-0.05, 0) is 65.4 Å². The fraction of sp³-hybridized carbons (Fsp3) is 0.556. The van der Waals surface area contributed by atoms with Crippen LogP contribution in [0.4, 0.5) is 14.6 Å². The van der Waals surface area contributed by atoms with Crippen molar-refractivity contribution in [3.8, 4) is 11.5 Å². The molecule has 0 bridgehead atoms. The van der Waals surface area contributed by atoms with E-state index in [2.05, 4.69) is 15.0 Å². The van der Waals surface area contributed by atoms with Crippen LogP contribution in [0.1, 0.15) is 39.8 Å². The van der Waals surface area contributed by atoms with Gasteiger partial charge >= 0.3 is 25.7 Å². The van der Waals surface area contributed by atoms with Crippen LogP contribution >= 0.6 is 31.4 Å². The van der Waals surface area contributed by atoms with E-state index in [4.69, 9.17) is 41.9 Å². The molecule has 0 saturated carbocycles. The number of aliphatic hydroxyl groups excluding tert-OH is 1. The van der Waals surface area contributed by atoms with Gasteiger partial charge in [0.1, 0.15) is 23.6 Å². The Kier molecular flexibility index (Phi) is 11.6. The molecule has 0 spiro atoms. The van der Waals surface area contributed by atoms with E-state index in [1.165, 1.54) is 25.1 Å². The number of halogens is 4. The molecule has 2 fully saturated rings. The predicted octanol–water partition coefficient (Wildman–Crippen LogP) is 3.13. The van der Waals surface area contributed by atoms with Crippen molar-refractivity contribution < 1.29 is 47.1 Å². The third kappa shape index (κ3) is 8.11. The van der Waals surface area contributed by atoms with E-state index in [0.29, 0.717) is 11.0 Å². The number of hydrogen-bond donors (Lipinski definition) is 2. The van der Waals surface area contributed by atoms with Crippen molar-refractivity contribution in [3.05, 3.63) is 44.9 Å². The Balaban J connectivity index is 1.44. The zero-order chi connectivity index (χ0) is 33.9. The van der Waals surface area contributed by atoms with Gasteiger partial charge in [0.2, 0.25) is 17.9 Å². The van der Waals surface area contributed by atoms with Gasteiger partial charge in [0.15, 0.2) is 17.9 Å². The number of ether oxygens (including phenoxy) is 3. The van der Waals surface area contributed by atoms with Crippen molar-refractivity contribution >= 4 is 49.1 Å². The van der Waals surface area contributed by atoms with Gasteiger partial charge < -0.3 is 29.5 Å². The molecule has 6 atom stereocenters. The lowest BCUT2D eigenvalue weighted by Crippen LogP contribution is -2.42. The molecule has 0 aliphatic carbocycles. The molecule has 2 aromatic rings. The smallest absolute Gasteiger partial charge is 0.395 e. The quantitative estimate of drug-likeness (QED) is 0.259. The Morgan fingerprint density at radius 1 is 1.30 bits per heavy atom. The number of hydrogen-bond acceptors (Lipinski definition) is 12.